The Labute approximate surface area is 81.1 Å². The lowest BCUT2D eigenvalue weighted by Gasteiger charge is -2.28. The van der Waals surface area contributed by atoms with Crippen molar-refractivity contribution < 1.29 is 13.5 Å². The Kier molecular flexibility index (Phi) is 2.27. The second-order valence-electron chi connectivity index (χ2n) is 3.30. The summed E-state index contributed by atoms with van der Waals surface area (Å²) in [7, 11) is 1.87. The Bertz CT molecular complexity index is 341. The van der Waals surface area contributed by atoms with Crippen molar-refractivity contribution in [2.45, 2.75) is 6.43 Å². The molecule has 1 heterocycles. The molecule has 0 unspecified atom stereocenters. The van der Waals surface area contributed by atoms with Gasteiger partial charge in [0.25, 0.3) is 6.43 Å². The van der Waals surface area contributed by atoms with Gasteiger partial charge in [-0.05, 0) is 18.2 Å². The van der Waals surface area contributed by atoms with E-state index in [9.17, 15) is 8.78 Å². The normalized spacial score (nSPS) is 15.3. The van der Waals surface area contributed by atoms with E-state index in [2.05, 4.69) is 0 Å². The molecule has 1 aliphatic heterocycles. The highest BCUT2D eigenvalue weighted by Crippen LogP contribution is 2.34. The Morgan fingerprint density at radius 3 is 2.93 bits per heavy atom. The minimum Gasteiger partial charge on any atom is -0.490 e. The smallest absolute Gasteiger partial charge is 0.263 e. The first kappa shape index (κ1) is 9.24. The average Bonchev–Trinajstić information content (AvgIpc) is 2.18. The number of benzene rings is 1. The predicted octanol–water partition coefficient (Wildman–Crippen LogP) is 2.45. The van der Waals surface area contributed by atoms with Crippen LogP contribution in [0.5, 0.6) is 5.75 Å². The molecule has 2 rings (SSSR count). The number of anilines is 1. The van der Waals surface area contributed by atoms with Gasteiger partial charge in [-0.25, -0.2) is 8.78 Å². The van der Waals surface area contributed by atoms with Crippen LogP contribution in [-0.4, -0.2) is 20.2 Å². The topological polar surface area (TPSA) is 12.5 Å². The third kappa shape index (κ3) is 1.52. The van der Waals surface area contributed by atoms with Gasteiger partial charge in [-0.15, -0.1) is 0 Å². The first-order valence-electron chi connectivity index (χ1n) is 4.44. The molecule has 0 aliphatic carbocycles. The van der Waals surface area contributed by atoms with Gasteiger partial charge in [-0.2, -0.15) is 0 Å². The minimum absolute atomic E-state index is 0.0427. The lowest BCUT2D eigenvalue weighted by atomic mass is 10.1. The zero-order chi connectivity index (χ0) is 10.1. The number of rotatable bonds is 1. The molecule has 14 heavy (non-hydrogen) atoms. The Morgan fingerprint density at radius 2 is 2.21 bits per heavy atom. The van der Waals surface area contributed by atoms with E-state index in [4.69, 9.17) is 4.74 Å². The van der Waals surface area contributed by atoms with Crippen LogP contribution in [0.25, 0.3) is 0 Å². The number of halogens is 2. The molecule has 0 bridgehead atoms. The Balaban J connectivity index is 2.41. The fourth-order valence-corrected chi connectivity index (χ4v) is 1.50. The van der Waals surface area contributed by atoms with E-state index in [0.717, 1.165) is 12.2 Å². The van der Waals surface area contributed by atoms with Crippen LogP contribution in [0.2, 0.25) is 0 Å². The third-order valence-corrected chi connectivity index (χ3v) is 2.33. The molecule has 0 amide bonds. The highest BCUT2D eigenvalue weighted by Gasteiger charge is 2.17. The lowest BCUT2D eigenvalue weighted by Crippen LogP contribution is -2.28. The van der Waals surface area contributed by atoms with E-state index >= 15 is 0 Å². The van der Waals surface area contributed by atoms with Crippen LogP contribution in [0.15, 0.2) is 18.2 Å². The summed E-state index contributed by atoms with van der Waals surface area (Å²) in [5.74, 6) is 0.683. The number of alkyl halides is 2. The van der Waals surface area contributed by atoms with E-state index < -0.39 is 6.43 Å². The molecule has 0 saturated carbocycles. The molecule has 0 fully saturated rings. The fourth-order valence-electron chi connectivity index (χ4n) is 1.50. The van der Waals surface area contributed by atoms with Crippen LogP contribution in [0.1, 0.15) is 12.0 Å². The summed E-state index contributed by atoms with van der Waals surface area (Å²) in [6.07, 6.45) is -2.42. The zero-order valence-electron chi connectivity index (χ0n) is 7.84. The van der Waals surface area contributed by atoms with Crippen molar-refractivity contribution in [3.63, 3.8) is 0 Å². The zero-order valence-corrected chi connectivity index (χ0v) is 7.84. The molecule has 0 saturated heterocycles. The molecule has 4 heteroatoms. The number of ether oxygens (including phenoxy) is 1. The van der Waals surface area contributed by atoms with E-state index in [1.165, 1.54) is 12.1 Å². The van der Waals surface area contributed by atoms with Gasteiger partial charge in [0.2, 0.25) is 0 Å². The largest absolute Gasteiger partial charge is 0.490 e. The summed E-state index contributed by atoms with van der Waals surface area (Å²) in [5, 5.41) is 0. The average molecular weight is 199 g/mol. The monoisotopic (exact) mass is 199 g/mol. The van der Waals surface area contributed by atoms with Crippen molar-refractivity contribution in [3.8, 4) is 5.75 Å². The predicted molar refractivity (Wildman–Crippen MR) is 50.2 cm³/mol. The summed E-state index contributed by atoms with van der Waals surface area (Å²) >= 11 is 0. The molecule has 0 N–H and O–H groups in total. The van der Waals surface area contributed by atoms with Gasteiger partial charge in [0.15, 0.2) is 0 Å². The van der Waals surface area contributed by atoms with Gasteiger partial charge in [-0.3, -0.25) is 0 Å². The summed E-state index contributed by atoms with van der Waals surface area (Å²) in [6.45, 7) is 1.34. The molecule has 0 radical (unpaired) electrons. The highest BCUT2D eigenvalue weighted by molar-refractivity contribution is 5.61. The first-order chi connectivity index (χ1) is 6.68. The third-order valence-electron chi connectivity index (χ3n) is 2.33. The van der Waals surface area contributed by atoms with Crippen LogP contribution in [0, 0.1) is 0 Å². The number of likely N-dealkylation sites (N-methyl/N-ethyl adjacent to an activating group) is 1. The van der Waals surface area contributed by atoms with Gasteiger partial charge in [0.05, 0.1) is 12.2 Å². The van der Waals surface area contributed by atoms with Crippen molar-refractivity contribution in [2.24, 2.45) is 0 Å². The summed E-state index contributed by atoms with van der Waals surface area (Å²) < 4.78 is 30.2. The summed E-state index contributed by atoms with van der Waals surface area (Å²) in [5.41, 5.74) is 0.787. The minimum atomic E-state index is -2.42. The summed E-state index contributed by atoms with van der Waals surface area (Å²) in [4.78, 5) is 1.92. The van der Waals surface area contributed by atoms with E-state index in [0.29, 0.717) is 12.4 Å². The molecule has 1 aromatic rings. The molecule has 2 nitrogen and oxygen atoms in total. The summed E-state index contributed by atoms with van der Waals surface area (Å²) in [6, 6.07) is 4.49. The Morgan fingerprint density at radius 1 is 1.43 bits per heavy atom. The molecular weight excluding hydrogens is 188 g/mol. The maximum Gasteiger partial charge on any atom is 0.263 e. The van der Waals surface area contributed by atoms with Crippen LogP contribution in [0.4, 0.5) is 14.5 Å². The second-order valence-corrected chi connectivity index (χ2v) is 3.30. The lowest BCUT2D eigenvalue weighted by molar-refractivity contribution is 0.151. The van der Waals surface area contributed by atoms with Crippen LogP contribution < -0.4 is 9.64 Å². The van der Waals surface area contributed by atoms with Crippen molar-refractivity contribution in [2.75, 3.05) is 25.1 Å². The molecule has 76 valence electrons. The van der Waals surface area contributed by atoms with Gasteiger partial charge in [0.1, 0.15) is 12.4 Å². The molecule has 0 atom stereocenters. The van der Waals surface area contributed by atoms with Gasteiger partial charge >= 0.3 is 0 Å². The number of hydrogen-bond donors (Lipinski definition) is 0. The highest BCUT2D eigenvalue weighted by atomic mass is 19.3. The van der Waals surface area contributed by atoms with Gasteiger partial charge in [0, 0.05) is 12.6 Å². The number of nitrogens with zero attached hydrogens (tertiary/aromatic N) is 1. The second kappa shape index (κ2) is 3.44. The standard InChI is InChI=1S/C10H11F2NO/c1-13-4-5-14-9-3-2-7(10(11)12)6-8(9)13/h2-3,6,10H,4-5H2,1H3. The van der Waals surface area contributed by atoms with E-state index in [1.54, 1.807) is 6.07 Å². The molecule has 1 aromatic carbocycles. The molecule has 0 aromatic heterocycles. The Hall–Kier alpha value is -1.32. The molecule has 0 spiro atoms. The van der Waals surface area contributed by atoms with Crippen molar-refractivity contribution in [1.82, 2.24) is 0 Å². The van der Waals surface area contributed by atoms with Gasteiger partial charge < -0.3 is 9.64 Å². The maximum atomic E-state index is 12.4. The SMILES string of the molecule is CN1CCOc2ccc(C(F)F)cc21. The van der Waals surface area contributed by atoms with E-state index in [-0.39, 0.29) is 5.56 Å². The van der Waals surface area contributed by atoms with Crippen molar-refractivity contribution in [1.29, 1.82) is 0 Å². The molecule has 1 aliphatic rings. The quantitative estimate of drug-likeness (QED) is 0.688. The fraction of sp³-hybridized carbons (Fsp3) is 0.400. The van der Waals surface area contributed by atoms with Gasteiger partial charge in [-0.1, -0.05) is 0 Å². The van der Waals surface area contributed by atoms with Crippen molar-refractivity contribution >= 4 is 5.69 Å². The maximum absolute atomic E-state index is 12.4. The van der Waals surface area contributed by atoms with Crippen LogP contribution in [0.3, 0.4) is 0 Å². The number of hydrogen-bond acceptors (Lipinski definition) is 2. The molecular formula is C10H11F2NO. The first-order valence-corrected chi connectivity index (χ1v) is 4.44. The number of fused-ring (bicyclic) bond motifs is 1. The van der Waals surface area contributed by atoms with Crippen molar-refractivity contribution in [3.05, 3.63) is 23.8 Å². The van der Waals surface area contributed by atoms with E-state index in [1.807, 2.05) is 11.9 Å². The van der Waals surface area contributed by atoms with Crippen LogP contribution >= 0.6 is 0 Å². The van der Waals surface area contributed by atoms with Crippen LogP contribution in [-0.2, 0) is 0 Å².